The van der Waals surface area contributed by atoms with E-state index in [1.807, 2.05) is 6.07 Å². The fourth-order valence-corrected chi connectivity index (χ4v) is 4.92. The Morgan fingerprint density at radius 3 is 2.44 bits per heavy atom. The Balaban J connectivity index is 1.33. The second-order valence-corrected chi connectivity index (χ2v) is 9.66. The number of hydrogen-bond donors (Lipinski definition) is 2. The minimum atomic E-state index is -0.792. The molecule has 1 fully saturated rings. The van der Waals surface area contributed by atoms with Gasteiger partial charge in [-0.15, -0.1) is 0 Å². The van der Waals surface area contributed by atoms with Gasteiger partial charge in [-0.1, -0.05) is 48.0 Å². The van der Waals surface area contributed by atoms with Gasteiger partial charge in [0.2, 0.25) is 0 Å². The number of nitrogens with zero attached hydrogens (tertiary/aromatic N) is 3. The topological polar surface area (TPSA) is 43.7 Å². The SMILES string of the molecule is Cc1ccc(Cn2cc(C(O)Nc3ccc(N4CCC(N(C)C)C4)cc3)c3ccccc32)cc1. The molecule has 5 heteroatoms. The fraction of sp³-hybridized carbons (Fsp3) is 0.310. The molecule has 4 aromatic rings. The molecule has 34 heavy (non-hydrogen) atoms. The van der Waals surface area contributed by atoms with Crippen molar-refractivity contribution in [3.05, 3.63) is 95.7 Å². The van der Waals surface area contributed by atoms with E-state index in [9.17, 15) is 5.11 Å². The lowest BCUT2D eigenvalue weighted by molar-refractivity contribution is 0.209. The Kier molecular flexibility index (Phi) is 6.31. The first kappa shape index (κ1) is 22.5. The molecule has 0 spiro atoms. The summed E-state index contributed by atoms with van der Waals surface area (Å²) in [4.78, 5) is 4.74. The zero-order valence-corrected chi connectivity index (χ0v) is 20.3. The molecule has 0 amide bonds. The lowest BCUT2D eigenvalue weighted by atomic mass is 10.1. The van der Waals surface area contributed by atoms with Gasteiger partial charge in [-0.25, -0.2) is 0 Å². The molecule has 5 rings (SSSR count). The van der Waals surface area contributed by atoms with Gasteiger partial charge < -0.3 is 24.8 Å². The van der Waals surface area contributed by atoms with E-state index in [2.05, 4.69) is 114 Å². The van der Waals surface area contributed by atoms with E-state index in [0.29, 0.717) is 6.04 Å². The van der Waals surface area contributed by atoms with Crippen LogP contribution in [0.25, 0.3) is 10.9 Å². The molecular formula is C29H34N4O. The number of benzene rings is 3. The van der Waals surface area contributed by atoms with Crippen molar-refractivity contribution < 1.29 is 5.11 Å². The van der Waals surface area contributed by atoms with Crippen LogP contribution < -0.4 is 10.2 Å². The Morgan fingerprint density at radius 1 is 1.00 bits per heavy atom. The van der Waals surface area contributed by atoms with Gasteiger partial charge in [-0.3, -0.25) is 0 Å². The van der Waals surface area contributed by atoms with E-state index < -0.39 is 6.23 Å². The van der Waals surface area contributed by atoms with Crippen LogP contribution in [0.4, 0.5) is 11.4 Å². The van der Waals surface area contributed by atoms with E-state index >= 15 is 0 Å². The standard InChI is InChI=1S/C29H34N4O/c1-21-8-10-22(11-9-21)18-33-20-27(26-6-4-5-7-28(26)33)29(34)30-23-12-14-24(15-13-23)32-17-16-25(19-32)31(2)3/h4-15,20,25,29-30,34H,16-19H2,1-3H3. The van der Waals surface area contributed by atoms with E-state index in [-0.39, 0.29) is 0 Å². The molecule has 0 radical (unpaired) electrons. The first-order valence-electron chi connectivity index (χ1n) is 12.1. The quantitative estimate of drug-likeness (QED) is 0.375. The number of fused-ring (bicyclic) bond motifs is 1. The number of nitrogens with one attached hydrogen (secondary N) is 1. The van der Waals surface area contributed by atoms with Crippen molar-refractivity contribution in [2.45, 2.75) is 32.2 Å². The highest BCUT2D eigenvalue weighted by Gasteiger charge is 2.24. The van der Waals surface area contributed by atoms with E-state index in [1.54, 1.807) is 0 Å². The Bertz CT molecular complexity index is 1240. The van der Waals surface area contributed by atoms with Crippen molar-refractivity contribution in [2.24, 2.45) is 0 Å². The Morgan fingerprint density at radius 2 is 1.74 bits per heavy atom. The summed E-state index contributed by atoms with van der Waals surface area (Å²) >= 11 is 0. The molecule has 1 aromatic heterocycles. The normalized spacial score (nSPS) is 17.0. The summed E-state index contributed by atoms with van der Waals surface area (Å²) in [5.74, 6) is 0. The highest BCUT2D eigenvalue weighted by molar-refractivity contribution is 5.84. The van der Waals surface area contributed by atoms with E-state index in [0.717, 1.165) is 41.8 Å². The lowest BCUT2D eigenvalue weighted by Crippen LogP contribution is -2.31. The second kappa shape index (κ2) is 9.53. The number of rotatable bonds is 7. The van der Waals surface area contributed by atoms with Crippen LogP contribution in [0.3, 0.4) is 0 Å². The van der Waals surface area contributed by atoms with Crippen molar-refractivity contribution in [3.8, 4) is 0 Å². The molecule has 5 nitrogen and oxygen atoms in total. The molecule has 2 atom stereocenters. The highest BCUT2D eigenvalue weighted by Crippen LogP contribution is 2.30. The summed E-state index contributed by atoms with van der Waals surface area (Å²) < 4.78 is 2.22. The fourth-order valence-electron chi connectivity index (χ4n) is 4.92. The summed E-state index contributed by atoms with van der Waals surface area (Å²) in [7, 11) is 4.31. The van der Waals surface area contributed by atoms with Crippen molar-refractivity contribution in [1.29, 1.82) is 0 Å². The summed E-state index contributed by atoms with van der Waals surface area (Å²) in [5.41, 5.74) is 6.66. The summed E-state index contributed by atoms with van der Waals surface area (Å²) in [6, 6.07) is 25.9. The minimum absolute atomic E-state index is 0.608. The van der Waals surface area contributed by atoms with Gasteiger partial charge in [0.25, 0.3) is 0 Å². The van der Waals surface area contributed by atoms with Gasteiger partial charge in [0.1, 0.15) is 0 Å². The maximum absolute atomic E-state index is 11.1. The first-order chi connectivity index (χ1) is 16.5. The molecule has 0 aliphatic carbocycles. The second-order valence-electron chi connectivity index (χ2n) is 9.66. The van der Waals surface area contributed by atoms with Crippen LogP contribution >= 0.6 is 0 Å². The maximum Gasteiger partial charge on any atom is 0.152 e. The van der Waals surface area contributed by atoms with Crippen LogP contribution in [0.1, 0.15) is 29.3 Å². The van der Waals surface area contributed by atoms with Gasteiger partial charge in [-0.2, -0.15) is 0 Å². The highest BCUT2D eigenvalue weighted by atomic mass is 16.3. The van der Waals surface area contributed by atoms with Crippen LogP contribution in [0, 0.1) is 6.92 Å². The third kappa shape index (κ3) is 4.67. The lowest BCUT2D eigenvalue weighted by Gasteiger charge is -2.22. The number of aryl methyl sites for hydroxylation is 1. The molecule has 1 aliphatic heterocycles. The zero-order chi connectivity index (χ0) is 23.7. The molecule has 176 valence electrons. The molecule has 0 saturated carbocycles. The van der Waals surface area contributed by atoms with Crippen molar-refractivity contribution in [1.82, 2.24) is 9.47 Å². The van der Waals surface area contributed by atoms with Crippen LogP contribution in [-0.2, 0) is 6.54 Å². The number of aliphatic hydroxyl groups excluding tert-OH is 1. The monoisotopic (exact) mass is 454 g/mol. The van der Waals surface area contributed by atoms with Gasteiger partial charge in [0.15, 0.2) is 6.23 Å². The third-order valence-corrected chi connectivity index (χ3v) is 7.02. The predicted molar refractivity (Wildman–Crippen MR) is 142 cm³/mol. The largest absolute Gasteiger partial charge is 0.370 e. The number of aromatic nitrogens is 1. The molecule has 0 bridgehead atoms. The van der Waals surface area contributed by atoms with Crippen LogP contribution in [0.5, 0.6) is 0 Å². The molecule has 1 saturated heterocycles. The average molecular weight is 455 g/mol. The van der Waals surface area contributed by atoms with E-state index in [4.69, 9.17) is 0 Å². The number of anilines is 2. The van der Waals surface area contributed by atoms with Crippen molar-refractivity contribution in [3.63, 3.8) is 0 Å². The predicted octanol–water partition coefficient (Wildman–Crippen LogP) is 5.24. The Hall–Kier alpha value is -3.28. The number of aliphatic hydroxyl groups is 1. The van der Waals surface area contributed by atoms with Crippen molar-refractivity contribution >= 4 is 22.3 Å². The molecule has 3 aromatic carbocycles. The van der Waals surface area contributed by atoms with Crippen LogP contribution in [-0.4, -0.2) is 47.8 Å². The molecular weight excluding hydrogens is 420 g/mol. The first-order valence-corrected chi connectivity index (χ1v) is 12.1. The smallest absolute Gasteiger partial charge is 0.152 e. The molecule has 2 unspecified atom stereocenters. The summed E-state index contributed by atoms with van der Waals surface area (Å²) in [6.07, 6.45) is 2.47. The molecule has 1 aliphatic rings. The number of likely N-dealkylation sites (N-methyl/N-ethyl adjacent to an activating group) is 1. The summed E-state index contributed by atoms with van der Waals surface area (Å²) in [5, 5.41) is 15.5. The Labute approximate surface area is 202 Å². The average Bonchev–Trinajstić information content (AvgIpc) is 3.47. The van der Waals surface area contributed by atoms with Gasteiger partial charge >= 0.3 is 0 Å². The minimum Gasteiger partial charge on any atom is -0.370 e. The van der Waals surface area contributed by atoms with E-state index in [1.165, 1.54) is 23.2 Å². The van der Waals surface area contributed by atoms with Crippen LogP contribution in [0.2, 0.25) is 0 Å². The summed E-state index contributed by atoms with van der Waals surface area (Å²) in [6.45, 7) is 5.01. The van der Waals surface area contributed by atoms with Gasteiger partial charge in [0, 0.05) is 59.7 Å². The van der Waals surface area contributed by atoms with Crippen LogP contribution in [0.15, 0.2) is 79.0 Å². The zero-order valence-electron chi connectivity index (χ0n) is 20.3. The maximum atomic E-state index is 11.1. The molecule has 2 heterocycles. The number of para-hydroxylation sites is 1. The van der Waals surface area contributed by atoms with Crippen molar-refractivity contribution in [2.75, 3.05) is 37.4 Å². The number of hydrogen-bond acceptors (Lipinski definition) is 4. The molecule has 2 N–H and O–H groups in total. The van der Waals surface area contributed by atoms with Gasteiger partial charge in [-0.05, 0) is 63.3 Å². The van der Waals surface area contributed by atoms with Gasteiger partial charge in [0.05, 0.1) is 0 Å². The third-order valence-electron chi connectivity index (χ3n) is 7.02.